The minimum absolute atomic E-state index is 0.175. The van der Waals surface area contributed by atoms with E-state index < -0.39 is 18.4 Å². The van der Waals surface area contributed by atoms with E-state index in [0.717, 1.165) is 5.56 Å². The van der Waals surface area contributed by atoms with E-state index in [1.807, 2.05) is 13.1 Å². The molecular formula is C12H19NO2Sn. The number of hydrogen-bond donors (Lipinski definition) is 0. The van der Waals surface area contributed by atoms with Crippen molar-refractivity contribution in [3.8, 4) is 0 Å². The zero-order valence-electron chi connectivity index (χ0n) is 10.4. The van der Waals surface area contributed by atoms with E-state index in [0.29, 0.717) is 13.0 Å². The minimum atomic E-state index is -2.07. The van der Waals surface area contributed by atoms with Crippen LogP contribution in [0.5, 0.6) is 0 Å². The van der Waals surface area contributed by atoms with Gasteiger partial charge in [0.25, 0.3) is 0 Å². The predicted octanol–water partition coefficient (Wildman–Crippen LogP) is 1.73. The fourth-order valence-electron chi connectivity index (χ4n) is 1.37. The summed E-state index contributed by atoms with van der Waals surface area (Å²) in [7, 11) is 0. The molecule has 0 aliphatic rings. The molecule has 0 radical (unpaired) electrons. The summed E-state index contributed by atoms with van der Waals surface area (Å²) < 4.78 is 6.27. The molecule has 0 spiro atoms. The number of carbonyl (C=O) groups is 1. The first kappa shape index (κ1) is 13.5. The molecule has 0 unspecified atom stereocenters. The van der Waals surface area contributed by atoms with Crippen LogP contribution in [0.25, 0.3) is 0 Å². The number of ether oxygens (including phenoxy) is 1. The van der Waals surface area contributed by atoms with Crippen molar-refractivity contribution in [3.63, 3.8) is 0 Å². The number of rotatable bonds is 4. The summed E-state index contributed by atoms with van der Waals surface area (Å²) in [5.41, 5.74) is 0.961. The Balaban J connectivity index is 2.79. The zero-order valence-corrected chi connectivity index (χ0v) is 13.3. The van der Waals surface area contributed by atoms with Crippen LogP contribution < -0.4 is 3.58 Å². The fourth-order valence-corrected chi connectivity index (χ4v) is 4.46. The SMILES string of the molecule is CCOC(=O)Cc1cnc[c]([Sn]([CH3])([CH3])[CH3])c1. The molecule has 0 aliphatic heterocycles. The molecule has 1 aromatic heterocycles. The first-order valence-corrected chi connectivity index (χ1v) is 15.5. The van der Waals surface area contributed by atoms with Crippen LogP contribution in [0.2, 0.25) is 14.8 Å². The third-order valence-corrected chi connectivity index (χ3v) is 8.04. The van der Waals surface area contributed by atoms with Gasteiger partial charge in [-0.2, -0.15) is 0 Å². The van der Waals surface area contributed by atoms with Crippen molar-refractivity contribution in [3.05, 3.63) is 24.0 Å². The van der Waals surface area contributed by atoms with Crippen LogP contribution in [0.1, 0.15) is 12.5 Å². The van der Waals surface area contributed by atoms with Crippen molar-refractivity contribution >= 4 is 27.9 Å². The van der Waals surface area contributed by atoms with Gasteiger partial charge in [-0.3, -0.25) is 0 Å². The van der Waals surface area contributed by atoms with E-state index in [2.05, 4.69) is 25.9 Å². The van der Waals surface area contributed by atoms with E-state index in [-0.39, 0.29) is 5.97 Å². The van der Waals surface area contributed by atoms with E-state index in [1.165, 1.54) is 3.58 Å². The van der Waals surface area contributed by atoms with Gasteiger partial charge in [-0.25, -0.2) is 0 Å². The maximum atomic E-state index is 11.3. The number of esters is 1. The van der Waals surface area contributed by atoms with Gasteiger partial charge in [0.2, 0.25) is 0 Å². The van der Waals surface area contributed by atoms with E-state index >= 15 is 0 Å². The molecule has 0 aromatic carbocycles. The average Bonchev–Trinajstić information content (AvgIpc) is 2.17. The van der Waals surface area contributed by atoms with Crippen LogP contribution >= 0.6 is 0 Å². The first-order chi connectivity index (χ1) is 7.43. The Bertz CT molecular complexity index is 372. The van der Waals surface area contributed by atoms with Crippen molar-refractivity contribution in [2.24, 2.45) is 0 Å². The molecule has 1 heterocycles. The molecule has 0 fully saturated rings. The third kappa shape index (κ3) is 4.12. The summed E-state index contributed by atoms with van der Waals surface area (Å²) in [6.07, 6.45) is 4.01. The average molecular weight is 328 g/mol. The second-order valence-corrected chi connectivity index (χ2v) is 19.3. The maximum absolute atomic E-state index is 11.3. The summed E-state index contributed by atoms with van der Waals surface area (Å²) >= 11 is -2.07. The number of carbonyl (C=O) groups excluding carboxylic acids is 1. The second-order valence-electron chi connectivity index (χ2n) is 4.81. The molecule has 0 N–H and O–H groups in total. The topological polar surface area (TPSA) is 39.2 Å². The number of hydrogen-bond acceptors (Lipinski definition) is 3. The molecule has 16 heavy (non-hydrogen) atoms. The van der Waals surface area contributed by atoms with Gasteiger partial charge in [-0.05, 0) is 0 Å². The van der Waals surface area contributed by atoms with Crippen LogP contribution in [0.15, 0.2) is 18.5 Å². The molecular weight excluding hydrogens is 309 g/mol. The predicted molar refractivity (Wildman–Crippen MR) is 67.6 cm³/mol. The van der Waals surface area contributed by atoms with E-state index in [9.17, 15) is 4.79 Å². The molecule has 0 aliphatic carbocycles. The molecule has 1 rings (SSSR count). The van der Waals surface area contributed by atoms with Gasteiger partial charge >= 0.3 is 101 Å². The number of pyridine rings is 1. The molecule has 0 amide bonds. The summed E-state index contributed by atoms with van der Waals surface area (Å²) in [5.74, 6) is -0.175. The van der Waals surface area contributed by atoms with Gasteiger partial charge in [0.15, 0.2) is 0 Å². The van der Waals surface area contributed by atoms with Gasteiger partial charge in [0.1, 0.15) is 0 Å². The van der Waals surface area contributed by atoms with Gasteiger partial charge < -0.3 is 0 Å². The van der Waals surface area contributed by atoms with Gasteiger partial charge in [-0.15, -0.1) is 0 Å². The Morgan fingerprint density at radius 3 is 2.62 bits per heavy atom. The Kier molecular flexibility index (Phi) is 4.77. The number of nitrogens with zero attached hydrogens (tertiary/aromatic N) is 1. The molecule has 0 atom stereocenters. The van der Waals surface area contributed by atoms with Crippen LogP contribution in [0.4, 0.5) is 0 Å². The summed E-state index contributed by atoms with van der Waals surface area (Å²) in [6.45, 7) is 2.25. The van der Waals surface area contributed by atoms with E-state index in [1.54, 1.807) is 6.20 Å². The second kappa shape index (κ2) is 5.66. The Hall–Kier alpha value is -0.581. The van der Waals surface area contributed by atoms with Crippen LogP contribution in [-0.4, -0.2) is 35.9 Å². The van der Waals surface area contributed by atoms with E-state index in [4.69, 9.17) is 4.74 Å². The van der Waals surface area contributed by atoms with Crippen LogP contribution in [0.3, 0.4) is 0 Å². The van der Waals surface area contributed by atoms with Gasteiger partial charge in [-0.1, -0.05) is 0 Å². The standard InChI is InChI=1S/C9H10NO2.3CH3.Sn/c1-2-12-9(11)6-8-4-3-5-10-7-8;;;;/h4-5,7H,2,6H2,1H3;3*1H3;. The fraction of sp³-hybridized carbons (Fsp3) is 0.500. The Labute approximate surface area is 101 Å². The molecule has 4 heteroatoms. The third-order valence-electron chi connectivity index (χ3n) is 2.31. The van der Waals surface area contributed by atoms with Crippen molar-refractivity contribution in [2.75, 3.05) is 6.61 Å². The van der Waals surface area contributed by atoms with Crippen molar-refractivity contribution in [1.29, 1.82) is 0 Å². The van der Waals surface area contributed by atoms with Crippen LogP contribution in [-0.2, 0) is 16.0 Å². The molecule has 88 valence electrons. The van der Waals surface area contributed by atoms with Crippen LogP contribution in [0, 0.1) is 0 Å². The Morgan fingerprint density at radius 2 is 2.06 bits per heavy atom. The molecule has 3 nitrogen and oxygen atoms in total. The monoisotopic (exact) mass is 329 g/mol. The first-order valence-electron chi connectivity index (χ1n) is 5.53. The van der Waals surface area contributed by atoms with Crippen molar-refractivity contribution < 1.29 is 9.53 Å². The zero-order chi connectivity index (χ0) is 12.2. The quantitative estimate of drug-likeness (QED) is 0.624. The molecule has 1 aromatic rings. The Morgan fingerprint density at radius 1 is 1.38 bits per heavy atom. The molecule has 0 bridgehead atoms. The van der Waals surface area contributed by atoms with Crippen molar-refractivity contribution in [1.82, 2.24) is 4.98 Å². The normalized spacial score (nSPS) is 11.2. The summed E-state index contributed by atoms with van der Waals surface area (Å²) in [4.78, 5) is 22.5. The molecule has 0 saturated heterocycles. The summed E-state index contributed by atoms with van der Waals surface area (Å²) in [5, 5.41) is 0. The van der Waals surface area contributed by atoms with Gasteiger partial charge in [0.05, 0.1) is 0 Å². The van der Waals surface area contributed by atoms with Gasteiger partial charge in [0, 0.05) is 0 Å². The summed E-state index contributed by atoms with van der Waals surface area (Å²) in [6, 6.07) is 2.11. The molecule has 0 saturated carbocycles. The van der Waals surface area contributed by atoms with Crippen molar-refractivity contribution in [2.45, 2.75) is 28.2 Å². The number of aromatic nitrogens is 1.